The van der Waals surface area contributed by atoms with Gasteiger partial charge in [-0.05, 0) is 36.7 Å². The van der Waals surface area contributed by atoms with E-state index in [2.05, 4.69) is 37.1 Å². The normalized spacial score (nSPS) is 10.6. The van der Waals surface area contributed by atoms with Crippen LogP contribution in [-0.2, 0) is 4.79 Å². The van der Waals surface area contributed by atoms with Crippen LogP contribution in [0, 0.1) is 17.2 Å². The van der Waals surface area contributed by atoms with Gasteiger partial charge in [-0.15, -0.1) is 0 Å². The third kappa shape index (κ3) is 5.85. The fraction of sp³-hybridized carbons (Fsp3) is 0.500. The molecule has 108 valence electrons. The third-order valence-electron chi connectivity index (χ3n) is 3.02. The van der Waals surface area contributed by atoms with Gasteiger partial charge in [0.1, 0.15) is 0 Å². The second-order valence-corrected chi connectivity index (χ2v) is 5.27. The van der Waals surface area contributed by atoms with Crippen molar-refractivity contribution in [3.63, 3.8) is 0 Å². The topological polar surface area (TPSA) is 56.1 Å². The van der Waals surface area contributed by atoms with Gasteiger partial charge >= 0.3 is 0 Å². The Morgan fingerprint density at radius 2 is 2.00 bits per heavy atom. The zero-order valence-electron chi connectivity index (χ0n) is 12.5. The standard InChI is InChI=1S/C16H23N3O/c1-4-19(12-13(2)3)10-9-16(20)18-15-7-5-14(11-17)6-8-15/h5-8,13H,4,9-10,12H2,1-3H3,(H,18,20). The Morgan fingerprint density at radius 1 is 1.35 bits per heavy atom. The van der Waals surface area contributed by atoms with Crippen LogP contribution in [0.4, 0.5) is 5.69 Å². The summed E-state index contributed by atoms with van der Waals surface area (Å²) in [5, 5.41) is 11.6. The van der Waals surface area contributed by atoms with E-state index in [0.717, 1.165) is 25.3 Å². The molecule has 1 N–H and O–H groups in total. The maximum Gasteiger partial charge on any atom is 0.225 e. The molecule has 4 heteroatoms. The Morgan fingerprint density at radius 3 is 2.50 bits per heavy atom. The lowest BCUT2D eigenvalue weighted by Gasteiger charge is -2.22. The number of rotatable bonds is 7. The third-order valence-corrected chi connectivity index (χ3v) is 3.02. The highest BCUT2D eigenvalue weighted by atomic mass is 16.1. The van der Waals surface area contributed by atoms with Crippen molar-refractivity contribution >= 4 is 11.6 Å². The maximum atomic E-state index is 11.9. The maximum absolute atomic E-state index is 11.9. The molecule has 1 rings (SSSR count). The summed E-state index contributed by atoms with van der Waals surface area (Å²) in [6.07, 6.45) is 0.487. The van der Waals surface area contributed by atoms with Crippen molar-refractivity contribution in [1.29, 1.82) is 5.26 Å². The van der Waals surface area contributed by atoms with Crippen molar-refractivity contribution in [2.45, 2.75) is 27.2 Å². The van der Waals surface area contributed by atoms with E-state index in [0.29, 0.717) is 17.9 Å². The van der Waals surface area contributed by atoms with Crippen LogP contribution in [-0.4, -0.2) is 30.4 Å². The highest BCUT2D eigenvalue weighted by molar-refractivity contribution is 5.90. The van der Waals surface area contributed by atoms with Crippen LogP contribution in [0.15, 0.2) is 24.3 Å². The Kier molecular flexibility index (Phi) is 6.75. The molecule has 0 spiro atoms. The zero-order chi connectivity index (χ0) is 15.0. The van der Waals surface area contributed by atoms with Crippen molar-refractivity contribution in [2.75, 3.05) is 25.0 Å². The fourth-order valence-corrected chi connectivity index (χ4v) is 2.01. The van der Waals surface area contributed by atoms with Gasteiger partial charge in [0, 0.05) is 25.2 Å². The Labute approximate surface area is 121 Å². The predicted molar refractivity (Wildman–Crippen MR) is 81.4 cm³/mol. The van der Waals surface area contributed by atoms with Crippen LogP contribution in [0.1, 0.15) is 32.8 Å². The van der Waals surface area contributed by atoms with E-state index >= 15 is 0 Å². The van der Waals surface area contributed by atoms with Gasteiger partial charge in [-0.1, -0.05) is 20.8 Å². The van der Waals surface area contributed by atoms with E-state index in [1.807, 2.05) is 0 Å². The van der Waals surface area contributed by atoms with Crippen molar-refractivity contribution in [1.82, 2.24) is 4.90 Å². The van der Waals surface area contributed by atoms with Gasteiger partial charge in [-0.25, -0.2) is 0 Å². The lowest BCUT2D eigenvalue weighted by atomic mass is 10.2. The number of hydrogen-bond donors (Lipinski definition) is 1. The van der Waals surface area contributed by atoms with Crippen molar-refractivity contribution in [2.24, 2.45) is 5.92 Å². The number of nitriles is 1. The van der Waals surface area contributed by atoms with Crippen LogP contribution >= 0.6 is 0 Å². The van der Waals surface area contributed by atoms with E-state index in [-0.39, 0.29) is 5.91 Å². The summed E-state index contributed by atoms with van der Waals surface area (Å²) in [6, 6.07) is 8.96. The average Bonchev–Trinajstić information content (AvgIpc) is 2.44. The summed E-state index contributed by atoms with van der Waals surface area (Å²) in [5.41, 5.74) is 1.33. The minimum atomic E-state index is 0.0110. The van der Waals surface area contributed by atoms with Crippen molar-refractivity contribution in [3.05, 3.63) is 29.8 Å². The smallest absolute Gasteiger partial charge is 0.225 e. The first-order valence-electron chi connectivity index (χ1n) is 7.07. The highest BCUT2D eigenvalue weighted by Gasteiger charge is 2.08. The molecule has 0 aliphatic heterocycles. The van der Waals surface area contributed by atoms with Crippen molar-refractivity contribution in [3.8, 4) is 6.07 Å². The van der Waals surface area contributed by atoms with Crippen LogP contribution in [0.2, 0.25) is 0 Å². The first-order chi connectivity index (χ1) is 9.55. The molecule has 0 fully saturated rings. The molecular formula is C16H23N3O. The molecule has 0 aromatic heterocycles. The molecule has 0 aliphatic carbocycles. The number of hydrogen-bond acceptors (Lipinski definition) is 3. The van der Waals surface area contributed by atoms with Crippen LogP contribution < -0.4 is 5.32 Å². The number of carbonyl (C=O) groups excluding carboxylic acids is 1. The molecule has 20 heavy (non-hydrogen) atoms. The first kappa shape index (κ1) is 16.2. The SMILES string of the molecule is CCN(CCC(=O)Nc1ccc(C#N)cc1)CC(C)C. The molecule has 0 bridgehead atoms. The van der Waals surface area contributed by atoms with E-state index in [9.17, 15) is 4.79 Å². The Bertz CT molecular complexity index is 460. The number of benzene rings is 1. The molecule has 0 unspecified atom stereocenters. The molecule has 1 aromatic rings. The molecule has 0 radical (unpaired) electrons. The predicted octanol–water partition coefficient (Wildman–Crippen LogP) is 2.86. The fourth-order valence-electron chi connectivity index (χ4n) is 2.01. The number of nitrogens with one attached hydrogen (secondary N) is 1. The van der Waals surface area contributed by atoms with Crippen molar-refractivity contribution < 1.29 is 4.79 Å². The van der Waals surface area contributed by atoms with Crippen LogP contribution in [0.3, 0.4) is 0 Å². The summed E-state index contributed by atoms with van der Waals surface area (Å²) < 4.78 is 0. The molecule has 0 atom stereocenters. The molecule has 1 aromatic carbocycles. The summed E-state index contributed by atoms with van der Waals surface area (Å²) in [6.45, 7) is 9.22. The number of anilines is 1. The minimum Gasteiger partial charge on any atom is -0.326 e. The van der Waals surface area contributed by atoms with Gasteiger partial charge in [0.25, 0.3) is 0 Å². The van der Waals surface area contributed by atoms with Gasteiger partial charge in [0.05, 0.1) is 11.6 Å². The number of carbonyl (C=O) groups is 1. The second-order valence-electron chi connectivity index (χ2n) is 5.27. The summed E-state index contributed by atoms with van der Waals surface area (Å²) in [4.78, 5) is 14.2. The van der Waals surface area contributed by atoms with Gasteiger partial charge in [0.15, 0.2) is 0 Å². The average molecular weight is 273 g/mol. The molecule has 1 amide bonds. The minimum absolute atomic E-state index is 0.0110. The number of nitrogens with zero attached hydrogens (tertiary/aromatic N) is 2. The molecule has 4 nitrogen and oxygen atoms in total. The molecule has 0 saturated carbocycles. The van der Waals surface area contributed by atoms with E-state index < -0.39 is 0 Å². The van der Waals surface area contributed by atoms with Gasteiger partial charge in [0.2, 0.25) is 5.91 Å². The summed E-state index contributed by atoms with van der Waals surface area (Å²) >= 11 is 0. The first-order valence-corrected chi connectivity index (χ1v) is 7.07. The molecule has 0 saturated heterocycles. The Hall–Kier alpha value is -1.86. The lowest BCUT2D eigenvalue weighted by molar-refractivity contribution is -0.116. The van der Waals surface area contributed by atoms with E-state index in [1.54, 1.807) is 24.3 Å². The second kappa shape index (κ2) is 8.34. The number of amides is 1. The van der Waals surface area contributed by atoms with Crippen LogP contribution in [0.5, 0.6) is 0 Å². The van der Waals surface area contributed by atoms with E-state index in [4.69, 9.17) is 5.26 Å². The summed E-state index contributed by atoms with van der Waals surface area (Å²) in [5.74, 6) is 0.619. The summed E-state index contributed by atoms with van der Waals surface area (Å²) in [7, 11) is 0. The highest BCUT2D eigenvalue weighted by Crippen LogP contribution is 2.09. The zero-order valence-corrected chi connectivity index (χ0v) is 12.5. The molecular weight excluding hydrogens is 250 g/mol. The van der Waals surface area contributed by atoms with E-state index in [1.165, 1.54) is 0 Å². The largest absolute Gasteiger partial charge is 0.326 e. The quantitative estimate of drug-likeness (QED) is 0.831. The molecule has 0 heterocycles. The monoisotopic (exact) mass is 273 g/mol. The van der Waals surface area contributed by atoms with Gasteiger partial charge in [-0.3, -0.25) is 4.79 Å². The Balaban J connectivity index is 2.41. The lowest BCUT2D eigenvalue weighted by Crippen LogP contribution is -2.31. The van der Waals surface area contributed by atoms with Crippen LogP contribution in [0.25, 0.3) is 0 Å². The van der Waals surface area contributed by atoms with Gasteiger partial charge < -0.3 is 10.2 Å². The molecule has 0 aliphatic rings. The van der Waals surface area contributed by atoms with Gasteiger partial charge in [-0.2, -0.15) is 5.26 Å².